The number of amides is 1. The highest BCUT2D eigenvalue weighted by Gasteiger charge is 2.23. The Morgan fingerprint density at radius 3 is 2.35 bits per heavy atom. The Kier molecular flexibility index (Phi) is 5.83. The number of carbonyl (C=O) groups is 1. The fraction of sp³-hybridized carbons (Fsp3) is 0.421. The second-order valence-electron chi connectivity index (χ2n) is 5.98. The van der Waals surface area contributed by atoms with Crippen LogP contribution >= 0.6 is 11.3 Å². The van der Waals surface area contributed by atoms with Gasteiger partial charge in [-0.1, -0.05) is 32.0 Å². The van der Waals surface area contributed by atoms with Crippen LogP contribution in [0, 0.1) is 13.8 Å². The summed E-state index contributed by atoms with van der Waals surface area (Å²) >= 11 is 1.45. The van der Waals surface area contributed by atoms with Crippen LogP contribution in [-0.2, 0) is 0 Å². The van der Waals surface area contributed by atoms with Gasteiger partial charge in [-0.2, -0.15) is 0 Å². The second-order valence-corrected chi connectivity index (χ2v) is 6.89. The van der Waals surface area contributed by atoms with Crippen LogP contribution in [0.5, 0.6) is 0 Å². The maximum atomic E-state index is 13.0. The molecule has 1 heterocycles. The van der Waals surface area contributed by atoms with Crippen molar-refractivity contribution in [3.63, 3.8) is 0 Å². The van der Waals surface area contributed by atoms with Crippen molar-refractivity contribution >= 4 is 22.2 Å². The molecule has 0 saturated carbocycles. The monoisotopic (exact) mass is 330 g/mol. The average molecular weight is 330 g/mol. The first kappa shape index (κ1) is 17.5. The van der Waals surface area contributed by atoms with E-state index in [9.17, 15) is 4.79 Å². The number of nitrogens with zero attached hydrogens (tertiary/aromatic N) is 1. The van der Waals surface area contributed by atoms with E-state index < -0.39 is 0 Å². The van der Waals surface area contributed by atoms with E-state index in [0.29, 0.717) is 10.6 Å². The van der Waals surface area contributed by atoms with Gasteiger partial charge in [0.05, 0.1) is 10.6 Å². The molecule has 0 saturated heterocycles. The molecular formula is C19H26N2OS. The number of thiophene rings is 1. The zero-order valence-electron chi connectivity index (χ0n) is 14.5. The normalized spacial score (nSPS) is 10.8. The number of benzene rings is 1. The SMILES string of the molecule is CCCN(CCC)C(=O)c1c(-c2ccc(C)c(C)c2)csc1N. The zero-order valence-corrected chi connectivity index (χ0v) is 15.3. The van der Waals surface area contributed by atoms with Crippen LogP contribution in [0.4, 0.5) is 5.00 Å². The highest BCUT2D eigenvalue weighted by atomic mass is 32.1. The molecule has 0 radical (unpaired) electrons. The van der Waals surface area contributed by atoms with Gasteiger partial charge in [-0.15, -0.1) is 11.3 Å². The van der Waals surface area contributed by atoms with Crippen LogP contribution in [0.15, 0.2) is 23.6 Å². The Morgan fingerprint density at radius 1 is 1.13 bits per heavy atom. The van der Waals surface area contributed by atoms with Gasteiger partial charge in [0.1, 0.15) is 0 Å². The van der Waals surface area contributed by atoms with Crippen LogP contribution in [0.1, 0.15) is 48.2 Å². The maximum Gasteiger partial charge on any atom is 0.257 e. The number of hydrogen-bond donors (Lipinski definition) is 1. The van der Waals surface area contributed by atoms with Gasteiger partial charge in [-0.05, 0) is 43.4 Å². The van der Waals surface area contributed by atoms with Crippen LogP contribution in [0.25, 0.3) is 11.1 Å². The van der Waals surface area contributed by atoms with Crippen molar-refractivity contribution in [3.8, 4) is 11.1 Å². The number of nitrogen functional groups attached to an aromatic ring is 1. The molecule has 1 aromatic carbocycles. The van der Waals surface area contributed by atoms with Crippen molar-refractivity contribution in [2.45, 2.75) is 40.5 Å². The Morgan fingerprint density at radius 2 is 1.78 bits per heavy atom. The van der Waals surface area contributed by atoms with Crippen LogP contribution < -0.4 is 5.73 Å². The molecular weight excluding hydrogens is 304 g/mol. The quantitative estimate of drug-likeness (QED) is 0.821. The largest absolute Gasteiger partial charge is 0.390 e. The van der Waals surface area contributed by atoms with E-state index in [-0.39, 0.29) is 5.91 Å². The molecule has 0 fully saturated rings. The molecule has 124 valence electrons. The van der Waals surface area contributed by atoms with E-state index in [1.54, 1.807) is 0 Å². The molecule has 0 spiro atoms. The van der Waals surface area contributed by atoms with Gasteiger partial charge in [0.15, 0.2) is 0 Å². The lowest BCUT2D eigenvalue weighted by atomic mass is 9.99. The van der Waals surface area contributed by atoms with Gasteiger partial charge in [0, 0.05) is 24.0 Å². The van der Waals surface area contributed by atoms with Crippen molar-refractivity contribution < 1.29 is 4.79 Å². The first-order valence-electron chi connectivity index (χ1n) is 8.23. The third kappa shape index (κ3) is 3.75. The minimum Gasteiger partial charge on any atom is -0.390 e. The summed E-state index contributed by atoms with van der Waals surface area (Å²) in [6.07, 6.45) is 1.91. The molecule has 0 bridgehead atoms. The van der Waals surface area contributed by atoms with E-state index in [1.807, 2.05) is 10.3 Å². The first-order valence-corrected chi connectivity index (χ1v) is 9.11. The van der Waals surface area contributed by atoms with Gasteiger partial charge < -0.3 is 10.6 Å². The van der Waals surface area contributed by atoms with Crippen LogP contribution in [0.3, 0.4) is 0 Å². The minimum absolute atomic E-state index is 0.0562. The Hall–Kier alpha value is -1.81. The standard InChI is InChI=1S/C19H26N2OS/c1-5-9-21(10-6-2)19(22)17-16(12-23-18(17)20)15-8-7-13(3)14(4)11-15/h7-8,11-12H,5-6,9-10,20H2,1-4H3. The summed E-state index contributed by atoms with van der Waals surface area (Å²) in [4.78, 5) is 14.9. The number of nitrogens with two attached hydrogens (primary N) is 1. The molecule has 1 amide bonds. The lowest BCUT2D eigenvalue weighted by molar-refractivity contribution is 0.0758. The molecule has 23 heavy (non-hydrogen) atoms. The summed E-state index contributed by atoms with van der Waals surface area (Å²) in [5, 5.41) is 2.61. The van der Waals surface area contributed by atoms with E-state index in [1.165, 1.54) is 22.5 Å². The Labute approximate surface area is 143 Å². The summed E-state index contributed by atoms with van der Waals surface area (Å²) in [7, 11) is 0. The molecule has 2 rings (SSSR count). The molecule has 2 aromatic rings. The number of hydrogen-bond acceptors (Lipinski definition) is 3. The summed E-state index contributed by atoms with van der Waals surface area (Å²) in [6.45, 7) is 9.92. The molecule has 2 N–H and O–H groups in total. The fourth-order valence-corrected chi connectivity index (χ4v) is 3.54. The Balaban J connectivity index is 2.45. The van der Waals surface area contributed by atoms with Crippen molar-refractivity contribution in [1.82, 2.24) is 4.90 Å². The van der Waals surface area contributed by atoms with Gasteiger partial charge >= 0.3 is 0 Å². The molecule has 0 aliphatic heterocycles. The first-order chi connectivity index (χ1) is 11.0. The number of carbonyl (C=O) groups excluding carboxylic acids is 1. The number of anilines is 1. The fourth-order valence-electron chi connectivity index (χ4n) is 2.73. The second kappa shape index (κ2) is 7.64. The molecule has 4 heteroatoms. The summed E-state index contributed by atoms with van der Waals surface area (Å²) < 4.78 is 0. The molecule has 1 aromatic heterocycles. The lowest BCUT2D eigenvalue weighted by Gasteiger charge is -2.22. The van der Waals surface area contributed by atoms with Crippen molar-refractivity contribution in [2.24, 2.45) is 0 Å². The van der Waals surface area contributed by atoms with E-state index in [0.717, 1.165) is 37.1 Å². The lowest BCUT2D eigenvalue weighted by Crippen LogP contribution is -2.33. The maximum absolute atomic E-state index is 13.0. The van der Waals surface area contributed by atoms with Crippen molar-refractivity contribution in [3.05, 3.63) is 40.3 Å². The van der Waals surface area contributed by atoms with Gasteiger partial charge in [0.25, 0.3) is 5.91 Å². The van der Waals surface area contributed by atoms with Gasteiger partial charge in [-0.25, -0.2) is 0 Å². The van der Waals surface area contributed by atoms with E-state index in [4.69, 9.17) is 5.73 Å². The smallest absolute Gasteiger partial charge is 0.257 e. The molecule has 0 unspecified atom stereocenters. The van der Waals surface area contributed by atoms with Gasteiger partial charge in [-0.3, -0.25) is 4.79 Å². The predicted octanol–water partition coefficient (Wildman–Crippen LogP) is 4.88. The summed E-state index contributed by atoms with van der Waals surface area (Å²) in [6, 6.07) is 6.31. The summed E-state index contributed by atoms with van der Waals surface area (Å²) in [5.74, 6) is 0.0562. The van der Waals surface area contributed by atoms with E-state index in [2.05, 4.69) is 45.9 Å². The Bertz CT molecular complexity index is 685. The number of aryl methyl sites for hydroxylation is 2. The highest BCUT2D eigenvalue weighted by molar-refractivity contribution is 7.15. The third-order valence-electron chi connectivity index (χ3n) is 4.13. The molecule has 0 aliphatic rings. The van der Waals surface area contributed by atoms with Crippen LogP contribution in [-0.4, -0.2) is 23.9 Å². The van der Waals surface area contributed by atoms with Crippen molar-refractivity contribution in [2.75, 3.05) is 18.8 Å². The minimum atomic E-state index is 0.0562. The van der Waals surface area contributed by atoms with E-state index >= 15 is 0 Å². The molecule has 3 nitrogen and oxygen atoms in total. The highest BCUT2D eigenvalue weighted by Crippen LogP contribution is 2.35. The van der Waals surface area contributed by atoms with Gasteiger partial charge in [0.2, 0.25) is 0 Å². The average Bonchev–Trinajstić information content (AvgIpc) is 2.91. The summed E-state index contributed by atoms with van der Waals surface area (Å²) in [5.41, 5.74) is 11.3. The molecule has 0 aliphatic carbocycles. The molecule has 0 atom stereocenters. The zero-order chi connectivity index (χ0) is 17.0. The van der Waals surface area contributed by atoms with Crippen LogP contribution in [0.2, 0.25) is 0 Å². The topological polar surface area (TPSA) is 46.3 Å². The van der Waals surface area contributed by atoms with Crippen molar-refractivity contribution in [1.29, 1.82) is 0 Å². The third-order valence-corrected chi connectivity index (χ3v) is 4.94. The number of rotatable bonds is 6. The predicted molar refractivity (Wildman–Crippen MR) is 100 cm³/mol.